The fourth-order valence-corrected chi connectivity index (χ4v) is 2.49. The van der Waals surface area contributed by atoms with Crippen LogP contribution in [0, 0.1) is 10.1 Å². The topological polar surface area (TPSA) is 90.1 Å². The molecule has 0 fully saturated rings. The van der Waals surface area contributed by atoms with E-state index in [-0.39, 0.29) is 11.6 Å². The summed E-state index contributed by atoms with van der Waals surface area (Å²) in [6.07, 6.45) is 4.63. The Labute approximate surface area is 150 Å². The molecule has 7 nitrogen and oxygen atoms in total. The third kappa shape index (κ3) is 4.54. The zero-order valence-electron chi connectivity index (χ0n) is 14.0. The van der Waals surface area contributed by atoms with Gasteiger partial charge >= 0.3 is 0 Å². The molecule has 0 atom stereocenters. The zero-order chi connectivity index (χ0) is 18.4. The van der Waals surface area contributed by atoms with Gasteiger partial charge < -0.3 is 5.32 Å². The number of amides is 1. The number of nitro benzene ring substituents is 1. The molecule has 0 saturated heterocycles. The van der Waals surface area contributed by atoms with Gasteiger partial charge in [-0.05, 0) is 29.7 Å². The highest BCUT2D eigenvalue weighted by atomic mass is 16.6. The number of para-hydroxylation sites is 1. The smallest absolute Gasteiger partial charge is 0.269 e. The number of carbonyl (C=O) groups is 1. The first-order chi connectivity index (χ1) is 12.6. The molecule has 0 radical (unpaired) electrons. The van der Waals surface area contributed by atoms with Gasteiger partial charge in [0, 0.05) is 31.3 Å². The van der Waals surface area contributed by atoms with E-state index in [2.05, 4.69) is 10.4 Å². The lowest BCUT2D eigenvalue weighted by Gasteiger charge is -2.05. The number of non-ortho nitro benzene ring substituents is 1. The molecule has 0 aliphatic carbocycles. The largest absolute Gasteiger partial charge is 0.352 e. The number of carbonyl (C=O) groups excluding carboxylic acids is 1. The Morgan fingerprint density at radius 1 is 1.08 bits per heavy atom. The lowest BCUT2D eigenvalue weighted by Crippen LogP contribution is -2.22. The van der Waals surface area contributed by atoms with Crippen LogP contribution in [-0.2, 0) is 17.8 Å². The number of nitrogens with one attached hydrogen (secondary N) is 1. The average Bonchev–Trinajstić information content (AvgIpc) is 3.15. The van der Waals surface area contributed by atoms with Gasteiger partial charge in [-0.15, -0.1) is 0 Å². The summed E-state index contributed by atoms with van der Waals surface area (Å²) >= 11 is 0. The van der Waals surface area contributed by atoms with Gasteiger partial charge in [0.1, 0.15) is 0 Å². The summed E-state index contributed by atoms with van der Waals surface area (Å²) in [5.41, 5.74) is 2.82. The van der Waals surface area contributed by atoms with Crippen LogP contribution in [-0.4, -0.2) is 20.6 Å². The Morgan fingerprint density at radius 2 is 1.81 bits per heavy atom. The van der Waals surface area contributed by atoms with Crippen LogP contribution in [0.4, 0.5) is 5.69 Å². The van der Waals surface area contributed by atoms with Gasteiger partial charge in [0.2, 0.25) is 5.91 Å². The highest BCUT2D eigenvalue weighted by Gasteiger charge is 2.07. The first kappa shape index (κ1) is 17.3. The molecule has 1 heterocycles. The van der Waals surface area contributed by atoms with Gasteiger partial charge in [0.15, 0.2) is 0 Å². The molecule has 0 aliphatic heterocycles. The molecule has 0 saturated carbocycles. The first-order valence-corrected chi connectivity index (χ1v) is 8.21. The Morgan fingerprint density at radius 3 is 2.50 bits per heavy atom. The summed E-state index contributed by atoms with van der Waals surface area (Å²) in [5, 5.41) is 17.8. The van der Waals surface area contributed by atoms with Crippen LogP contribution in [0.25, 0.3) is 5.69 Å². The van der Waals surface area contributed by atoms with Gasteiger partial charge in [-0.3, -0.25) is 14.9 Å². The number of rotatable bonds is 7. The molecule has 0 spiro atoms. The number of hydrogen-bond acceptors (Lipinski definition) is 4. The van der Waals surface area contributed by atoms with E-state index >= 15 is 0 Å². The number of benzene rings is 2. The molecule has 1 aromatic heterocycles. The lowest BCUT2D eigenvalue weighted by molar-refractivity contribution is -0.384. The van der Waals surface area contributed by atoms with E-state index in [9.17, 15) is 14.9 Å². The second kappa shape index (κ2) is 8.06. The van der Waals surface area contributed by atoms with Gasteiger partial charge in [-0.1, -0.05) is 30.3 Å². The second-order valence-electron chi connectivity index (χ2n) is 5.83. The monoisotopic (exact) mass is 350 g/mol. The highest BCUT2D eigenvalue weighted by molar-refractivity contribution is 5.76. The van der Waals surface area contributed by atoms with Gasteiger partial charge in [0.05, 0.1) is 16.8 Å². The van der Waals surface area contributed by atoms with Crippen molar-refractivity contribution >= 4 is 11.6 Å². The molecule has 0 bridgehead atoms. The van der Waals surface area contributed by atoms with Crippen LogP contribution in [0.5, 0.6) is 0 Å². The van der Waals surface area contributed by atoms with E-state index in [4.69, 9.17) is 0 Å². The number of aryl methyl sites for hydroxylation is 1. The van der Waals surface area contributed by atoms with Crippen molar-refractivity contribution in [3.05, 3.63) is 88.2 Å². The van der Waals surface area contributed by atoms with Gasteiger partial charge in [-0.2, -0.15) is 5.10 Å². The third-order valence-electron chi connectivity index (χ3n) is 3.93. The fourth-order valence-electron chi connectivity index (χ4n) is 2.49. The molecule has 3 rings (SSSR count). The van der Waals surface area contributed by atoms with E-state index in [1.807, 2.05) is 36.5 Å². The van der Waals surface area contributed by atoms with Crippen LogP contribution in [0.3, 0.4) is 0 Å². The van der Waals surface area contributed by atoms with Gasteiger partial charge in [0.25, 0.3) is 5.69 Å². The van der Waals surface area contributed by atoms with Gasteiger partial charge in [-0.25, -0.2) is 4.68 Å². The van der Waals surface area contributed by atoms with E-state index in [1.54, 1.807) is 23.0 Å². The van der Waals surface area contributed by atoms with Crippen molar-refractivity contribution in [3.63, 3.8) is 0 Å². The minimum Gasteiger partial charge on any atom is -0.352 e. The first-order valence-electron chi connectivity index (χ1n) is 8.21. The van der Waals surface area contributed by atoms with E-state index < -0.39 is 4.92 Å². The highest BCUT2D eigenvalue weighted by Crippen LogP contribution is 2.12. The fraction of sp³-hybridized carbons (Fsp3) is 0.158. The summed E-state index contributed by atoms with van der Waals surface area (Å²) in [6, 6.07) is 15.9. The maximum atomic E-state index is 12.0. The van der Waals surface area contributed by atoms with Crippen molar-refractivity contribution in [2.45, 2.75) is 19.4 Å². The summed E-state index contributed by atoms with van der Waals surface area (Å²) in [5.74, 6) is -0.0733. The van der Waals surface area contributed by atoms with Crippen LogP contribution < -0.4 is 5.32 Å². The van der Waals surface area contributed by atoms with Crippen LogP contribution in [0.1, 0.15) is 17.5 Å². The van der Waals surface area contributed by atoms with Crippen molar-refractivity contribution in [3.8, 4) is 5.69 Å². The molecule has 3 aromatic rings. The number of nitrogens with zero attached hydrogens (tertiary/aromatic N) is 3. The molecule has 132 valence electrons. The van der Waals surface area contributed by atoms with Crippen LogP contribution in [0.2, 0.25) is 0 Å². The van der Waals surface area contributed by atoms with Crippen molar-refractivity contribution in [2.24, 2.45) is 0 Å². The normalized spacial score (nSPS) is 10.5. The van der Waals surface area contributed by atoms with E-state index in [0.717, 1.165) is 16.8 Å². The standard InChI is InChI=1S/C19H18N4O3/c24-19(20-12-15-6-9-18(10-7-15)23(25)26)11-8-16-13-21-22(14-16)17-4-2-1-3-5-17/h1-7,9-10,13-14H,8,11-12H2,(H,20,24). The number of aromatic nitrogens is 2. The predicted octanol–water partition coefficient (Wildman–Crippen LogP) is 3.03. The summed E-state index contributed by atoms with van der Waals surface area (Å²) < 4.78 is 1.78. The summed E-state index contributed by atoms with van der Waals surface area (Å²) in [4.78, 5) is 22.2. The van der Waals surface area contributed by atoms with Crippen LogP contribution in [0.15, 0.2) is 67.0 Å². The third-order valence-corrected chi connectivity index (χ3v) is 3.93. The molecule has 0 unspecified atom stereocenters. The van der Waals surface area contributed by atoms with Crippen molar-refractivity contribution in [1.29, 1.82) is 0 Å². The maximum absolute atomic E-state index is 12.0. The average molecular weight is 350 g/mol. The minimum absolute atomic E-state index is 0.0375. The van der Waals surface area contributed by atoms with E-state index in [1.165, 1.54) is 12.1 Å². The molecular formula is C19H18N4O3. The van der Waals surface area contributed by atoms with E-state index in [0.29, 0.717) is 19.4 Å². The molecule has 0 aliphatic rings. The molecule has 7 heteroatoms. The Kier molecular flexibility index (Phi) is 5.38. The van der Waals surface area contributed by atoms with Crippen molar-refractivity contribution in [1.82, 2.24) is 15.1 Å². The maximum Gasteiger partial charge on any atom is 0.269 e. The Balaban J connectivity index is 1.47. The molecule has 26 heavy (non-hydrogen) atoms. The lowest BCUT2D eigenvalue weighted by atomic mass is 10.2. The summed E-state index contributed by atoms with van der Waals surface area (Å²) in [7, 11) is 0. The Bertz CT molecular complexity index is 889. The molecular weight excluding hydrogens is 332 g/mol. The predicted molar refractivity (Wildman–Crippen MR) is 96.8 cm³/mol. The SMILES string of the molecule is O=C(CCc1cnn(-c2ccccc2)c1)NCc1ccc([N+](=O)[O-])cc1. The van der Waals surface area contributed by atoms with Crippen LogP contribution >= 0.6 is 0 Å². The Hall–Kier alpha value is -3.48. The molecule has 2 aromatic carbocycles. The minimum atomic E-state index is -0.446. The zero-order valence-corrected chi connectivity index (χ0v) is 14.0. The molecule has 1 amide bonds. The molecule has 1 N–H and O–H groups in total. The number of nitro groups is 1. The quantitative estimate of drug-likeness (QED) is 0.524. The van der Waals surface area contributed by atoms with Crippen molar-refractivity contribution in [2.75, 3.05) is 0 Å². The summed E-state index contributed by atoms with van der Waals surface area (Å²) in [6.45, 7) is 0.347. The number of hydrogen-bond donors (Lipinski definition) is 1. The second-order valence-corrected chi connectivity index (χ2v) is 5.83. The van der Waals surface area contributed by atoms with Crippen molar-refractivity contribution < 1.29 is 9.72 Å².